The Hall–Kier alpha value is -1.23. The van der Waals surface area contributed by atoms with E-state index in [1.165, 1.54) is 13.2 Å². The number of hydrogen-bond donors (Lipinski definition) is 0. The molecule has 0 spiro atoms. The van der Waals surface area contributed by atoms with Gasteiger partial charge in [-0.2, -0.15) is 0 Å². The van der Waals surface area contributed by atoms with Gasteiger partial charge in [-0.3, -0.25) is 0 Å². The topological polar surface area (TPSA) is 43.4 Å². The van der Waals surface area contributed by atoms with E-state index in [9.17, 15) is 8.42 Å². The minimum atomic E-state index is -3.73. The Kier molecular flexibility index (Phi) is 4.59. The van der Waals surface area contributed by atoms with Crippen molar-refractivity contribution in [1.82, 2.24) is 0 Å². The van der Waals surface area contributed by atoms with Gasteiger partial charge in [0.1, 0.15) is 5.75 Å². The highest BCUT2D eigenvalue weighted by molar-refractivity contribution is 7.91. The molecule has 0 heterocycles. The third-order valence-electron chi connectivity index (χ3n) is 4.23. The molecule has 3 nitrogen and oxygen atoms in total. The van der Waals surface area contributed by atoms with Gasteiger partial charge in [-0.25, -0.2) is 8.42 Å². The van der Waals surface area contributed by atoms with Gasteiger partial charge in [0, 0.05) is 5.56 Å². The summed E-state index contributed by atoms with van der Waals surface area (Å²) in [4.78, 5) is 0.237. The molecule has 122 valence electrons. The van der Waals surface area contributed by atoms with Gasteiger partial charge in [0.15, 0.2) is 0 Å². The molecule has 1 aliphatic rings. The Morgan fingerprint density at radius 3 is 2.30 bits per heavy atom. The van der Waals surface area contributed by atoms with Crippen molar-refractivity contribution in [3.63, 3.8) is 0 Å². The highest BCUT2D eigenvalue weighted by Crippen LogP contribution is 2.49. The van der Waals surface area contributed by atoms with Gasteiger partial charge in [-0.15, -0.1) is 0 Å². The summed E-state index contributed by atoms with van der Waals surface area (Å²) in [5.74, 6) is 0.675. The zero-order chi connectivity index (χ0) is 16.6. The van der Waals surface area contributed by atoms with Crippen LogP contribution in [-0.2, 0) is 9.84 Å². The van der Waals surface area contributed by atoms with E-state index in [1.54, 1.807) is 30.3 Å². The average Bonchev–Trinajstić information content (AvgIpc) is 2.49. The van der Waals surface area contributed by atoms with Gasteiger partial charge in [0.05, 0.1) is 26.9 Å². The van der Waals surface area contributed by atoms with Crippen molar-refractivity contribution in [2.75, 3.05) is 7.11 Å². The molecule has 6 heteroatoms. The first-order chi connectivity index (χ1) is 11.0. The fourth-order valence-corrected chi connectivity index (χ4v) is 5.14. The number of methoxy groups -OCH3 is 1. The predicted molar refractivity (Wildman–Crippen MR) is 91.5 cm³/mol. The molecule has 3 rings (SSSR count). The molecule has 0 N–H and O–H groups in total. The van der Waals surface area contributed by atoms with Gasteiger partial charge in [-0.05, 0) is 37.0 Å². The van der Waals surface area contributed by atoms with Crippen LogP contribution in [0.3, 0.4) is 0 Å². The lowest BCUT2D eigenvalue weighted by Crippen LogP contribution is -2.13. The Bertz CT molecular complexity index is 829. The molecule has 1 saturated carbocycles. The molecule has 0 radical (unpaired) electrons. The van der Waals surface area contributed by atoms with E-state index in [1.807, 2.05) is 0 Å². The number of halogens is 2. The molecule has 0 saturated heterocycles. The summed E-state index contributed by atoms with van der Waals surface area (Å²) < 4.78 is 31.2. The minimum absolute atomic E-state index is 0.0399. The van der Waals surface area contributed by atoms with E-state index in [2.05, 4.69) is 0 Å². The van der Waals surface area contributed by atoms with Crippen LogP contribution >= 0.6 is 23.2 Å². The zero-order valence-electron chi connectivity index (χ0n) is 12.6. The average molecular weight is 371 g/mol. The van der Waals surface area contributed by atoms with E-state index in [4.69, 9.17) is 27.9 Å². The highest BCUT2D eigenvalue weighted by atomic mass is 35.5. The Balaban J connectivity index is 2.23. The van der Waals surface area contributed by atoms with Crippen molar-refractivity contribution in [2.45, 2.75) is 35.0 Å². The van der Waals surface area contributed by atoms with E-state index < -0.39 is 9.84 Å². The third kappa shape index (κ3) is 2.84. The minimum Gasteiger partial charge on any atom is -0.495 e. The molecule has 0 unspecified atom stereocenters. The molecule has 1 fully saturated rings. The maximum atomic E-state index is 12.9. The van der Waals surface area contributed by atoms with Gasteiger partial charge in [0.2, 0.25) is 9.84 Å². The number of rotatable bonds is 4. The molecule has 2 aromatic carbocycles. The van der Waals surface area contributed by atoms with Crippen molar-refractivity contribution in [2.24, 2.45) is 0 Å². The van der Waals surface area contributed by atoms with Crippen LogP contribution in [0.5, 0.6) is 5.75 Å². The standard InChI is InChI=1S/C17H16Cl2O3S/c1-22-17-13(18)10-14(16(19)15(17)11-6-5-7-11)23(20,21)12-8-3-2-4-9-12/h2-4,8-11H,5-7H2,1H3. The molecule has 0 atom stereocenters. The summed E-state index contributed by atoms with van der Waals surface area (Å²) in [5, 5.41) is 0.494. The zero-order valence-corrected chi connectivity index (χ0v) is 14.9. The number of hydrogen-bond acceptors (Lipinski definition) is 3. The van der Waals surface area contributed by atoms with Crippen molar-refractivity contribution >= 4 is 33.0 Å². The number of benzene rings is 2. The molecule has 1 aliphatic carbocycles. The summed E-state index contributed by atoms with van der Waals surface area (Å²) in [6.45, 7) is 0. The quantitative estimate of drug-likeness (QED) is 0.751. The lowest BCUT2D eigenvalue weighted by molar-refractivity contribution is 0.373. The monoisotopic (exact) mass is 370 g/mol. The summed E-state index contributed by atoms with van der Waals surface area (Å²) in [5.41, 5.74) is 0.711. The molecular formula is C17H16Cl2O3S. The second-order valence-corrected chi connectivity index (χ2v) is 8.27. The van der Waals surface area contributed by atoms with Crippen LogP contribution in [0.4, 0.5) is 0 Å². The number of ether oxygens (including phenoxy) is 1. The summed E-state index contributed by atoms with van der Waals surface area (Å²) in [7, 11) is -2.21. The lowest BCUT2D eigenvalue weighted by atomic mass is 9.79. The van der Waals surface area contributed by atoms with Crippen LogP contribution in [0.2, 0.25) is 10.0 Å². The van der Waals surface area contributed by atoms with E-state index >= 15 is 0 Å². The van der Waals surface area contributed by atoms with Crippen molar-refractivity contribution in [3.8, 4) is 5.75 Å². The molecule has 0 aliphatic heterocycles. The first-order valence-electron chi connectivity index (χ1n) is 7.33. The van der Waals surface area contributed by atoms with Crippen LogP contribution in [-0.4, -0.2) is 15.5 Å². The second-order valence-electron chi connectivity index (χ2n) is 5.56. The largest absolute Gasteiger partial charge is 0.495 e. The van der Waals surface area contributed by atoms with Crippen LogP contribution in [0, 0.1) is 0 Å². The fraction of sp³-hybridized carbons (Fsp3) is 0.294. The van der Waals surface area contributed by atoms with Gasteiger partial charge < -0.3 is 4.74 Å². The van der Waals surface area contributed by atoms with Gasteiger partial charge in [0.25, 0.3) is 0 Å². The molecule has 0 amide bonds. The van der Waals surface area contributed by atoms with E-state index in [0.29, 0.717) is 11.3 Å². The third-order valence-corrected chi connectivity index (χ3v) is 6.83. The second kappa shape index (κ2) is 6.34. The first-order valence-corrected chi connectivity index (χ1v) is 9.56. The van der Waals surface area contributed by atoms with Crippen LogP contribution in [0.1, 0.15) is 30.7 Å². The van der Waals surface area contributed by atoms with Crippen LogP contribution in [0.15, 0.2) is 46.2 Å². The Labute approximate surface area is 146 Å². The molecule has 2 aromatic rings. The predicted octanol–water partition coefficient (Wildman–Crippen LogP) is 5.10. The smallest absolute Gasteiger partial charge is 0.208 e. The number of sulfone groups is 1. The summed E-state index contributed by atoms with van der Waals surface area (Å²) in [6, 6.07) is 9.60. The van der Waals surface area contributed by atoms with Crippen molar-refractivity contribution in [1.29, 1.82) is 0 Å². The van der Waals surface area contributed by atoms with Gasteiger partial charge in [-0.1, -0.05) is 47.8 Å². The van der Waals surface area contributed by atoms with Crippen molar-refractivity contribution in [3.05, 3.63) is 52.0 Å². The fourth-order valence-electron chi connectivity index (χ4n) is 2.80. The summed E-state index contributed by atoms with van der Waals surface area (Å²) in [6.07, 6.45) is 3.01. The normalized spacial score (nSPS) is 15.3. The Morgan fingerprint density at radius 2 is 1.78 bits per heavy atom. The maximum absolute atomic E-state index is 12.9. The highest BCUT2D eigenvalue weighted by Gasteiger charge is 2.32. The lowest BCUT2D eigenvalue weighted by Gasteiger charge is -2.29. The van der Waals surface area contributed by atoms with Crippen LogP contribution < -0.4 is 4.74 Å². The molecule has 23 heavy (non-hydrogen) atoms. The molecular weight excluding hydrogens is 355 g/mol. The van der Waals surface area contributed by atoms with Crippen LogP contribution in [0.25, 0.3) is 0 Å². The first kappa shape index (κ1) is 16.6. The molecule has 0 bridgehead atoms. The summed E-state index contributed by atoms with van der Waals surface area (Å²) >= 11 is 12.8. The van der Waals surface area contributed by atoms with E-state index in [0.717, 1.165) is 19.3 Å². The Morgan fingerprint density at radius 1 is 1.13 bits per heavy atom. The SMILES string of the molecule is COc1c(Cl)cc(S(=O)(=O)c2ccccc2)c(Cl)c1C1CCC1. The van der Waals surface area contributed by atoms with Gasteiger partial charge >= 0.3 is 0 Å². The molecule has 0 aromatic heterocycles. The van der Waals surface area contributed by atoms with Crippen molar-refractivity contribution < 1.29 is 13.2 Å². The maximum Gasteiger partial charge on any atom is 0.208 e. The van der Waals surface area contributed by atoms with E-state index in [-0.39, 0.29) is 25.8 Å².